The first-order valence-electron chi connectivity index (χ1n) is 8.20. The van der Waals surface area contributed by atoms with Gasteiger partial charge in [0, 0.05) is 34.2 Å². The molecule has 2 heterocycles. The van der Waals surface area contributed by atoms with Gasteiger partial charge in [-0.1, -0.05) is 18.2 Å². The van der Waals surface area contributed by atoms with Gasteiger partial charge in [-0.05, 0) is 37.1 Å². The summed E-state index contributed by atoms with van der Waals surface area (Å²) < 4.78 is 12.1. The Bertz CT molecular complexity index is 1010. The van der Waals surface area contributed by atoms with Crippen LogP contribution in [0, 0.1) is 0 Å². The van der Waals surface area contributed by atoms with Crippen molar-refractivity contribution in [1.82, 2.24) is 0 Å². The number of ether oxygens (including phenoxy) is 2. The average molecular weight is 332 g/mol. The monoisotopic (exact) mass is 332 g/mol. The van der Waals surface area contributed by atoms with Crippen LogP contribution in [0.1, 0.15) is 34.3 Å². The van der Waals surface area contributed by atoms with Crippen molar-refractivity contribution in [2.45, 2.75) is 18.4 Å². The van der Waals surface area contributed by atoms with E-state index in [9.17, 15) is 4.79 Å². The highest BCUT2D eigenvalue weighted by atomic mass is 16.6. The van der Waals surface area contributed by atoms with Gasteiger partial charge in [-0.2, -0.15) is 0 Å². The fourth-order valence-corrected chi connectivity index (χ4v) is 4.00. The molecule has 1 spiro atoms. The van der Waals surface area contributed by atoms with E-state index in [0.717, 1.165) is 22.4 Å². The van der Waals surface area contributed by atoms with Gasteiger partial charge in [0.15, 0.2) is 5.60 Å². The second kappa shape index (κ2) is 4.66. The van der Waals surface area contributed by atoms with Crippen molar-refractivity contribution in [3.63, 3.8) is 0 Å². The van der Waals surface area contributed by atoms with Gasteiger partial charge < -0.3 is 20.9 Å². The van der Waals surface area contributed by atoms with Crippen LogP contribution in [0.25, 0.3) is 0 Å². The van der Waals surface area contributed by atoms with E-state index in [0.29, 0.717) is 35.6 Å². The predicted molar refractivity (Wildman–Crippen MR) is 92.7 cm³/mol. The molecule has 2 aliphatic heterocycles. The third-order valence-corrected chi connectivity index (χ3v) is 5.08. The number of anilines is 1. The number of carbonyl (C=O) groups is 1. The summed E-state index contributed by atoms with van der Waals surface area (Å²) in [5, 5.41) is 0. The van der Waals surface area contributed by atoms with Crippen molar-refractivity contribution in [1.29, 1.82) is 0 Å². The Kier molecular flexibility index (Phi) is 2.64. The second-order valence-electron chi connectivity index (χ2n) is 6.54. The lowest BCUT2D eigenvalue weighted by Crippen LogP contribution is -2.36. The Balaban J connectivity index is 1.88. The number of nitrogen functional groups attached to an aromatic ring is 1. The van der Waals surface area contributed by atoms with Crippen molar-refractivity contribution in [2.75, 3.05) is 5.73 Å². The lowest BCUT2D eigenvalue weighted by molar-refractivity contribution is 0.0190. The standard InChI is InChI=1S/C20H16N2O3/c21-11-5-7-15-17(9-11)24-18-10-12(22)6-8-16(18)20(15)14-4-2-1-3-13(14)19(23)25-20/h1-5,7,9-10H,6,8,21-22H2. The highest BCUT2D eigenvalue weighted by Crippen LogP contribution is 2.55. The minimum atomic E-state index is -0.971. The van der Waals surface area contributed by atoms with Crippen LogP contribution in [0.4, 0.5) is 5.69 Å². The molecule has 3 aliphatic rings. The molecule has 124 valence electrons. The zero-order valence-corrected chi connectivity index (χ0v) is 13.4. The summed E-state index contributed by atoms with van der Waals surface area (Å²) in [5.74, 6) is 0.912. The number of nitrogens with two attached hydrogens (primary N) is 2. The minimum Gasteiger partial charge on any atom is -0.457 e. The summed E-state index contributed by atoms with van der Waals surface area (Å²) in [6.07, 6.45) is 3.19. The van der Waals surface area contributed by atoms with Crippen LogP contribution in [0.15, 0.2) is 65.6 Å². The highest BCUT2D eigenvalue weighted by molar-refractivity contribution is 5.96. The number of fused-ring (bicyclic) bond motifs is 5. The van der Waals surface area contributed by atoms with Gasteiger partial charge >= 0.3 is 5.97 Å². The maximum Gasteiger partial charge on any atom is 0.340 e. The quantitative estimate of drug-likeness (QED) is 0.572. The lowest BCUT2D eigenvalue weighted by Gasteiger charge is -2.39. The molecule has 0 saturated heterocycles. The first-order valence-corrected chi connectivity index (χ1v) is 8.20. The van der Waals surface area contributed by atoms with Gasteiger partial charge in [0.25, 0.3) is 0 Å². The summed E-state index contributed by atoms with van der Waals surface area (Å²) in [6.45, 7) is 0. The highest BCUT2D eigenvalue weighted by Gasteiger charge is 2.54. The van der Waals surface area contributed by atoms with Crippen molar-refractivity contribution in [3.05, 3.63) is 82.3 Å². The van der Waals surface area contributed by atoms with Gasteiger partial charge in [0.2, 0.25) is 0 Å². The Morgan fingerprint density at radius 2 is 1.84 bits per heavy atom. The molecule has 1 atom stereocenters. The molecule has 0 saturated carbocycles. The molecule has 0 fully saturated rings. The van der Waals surface area contributed by atoms with Crippen LogP contribution >= 0.6 is 0 Å². The van der Waals surface area contributed by atoms with E-state index >= 15 is 0 Å². The molecule has 1 aliphatic carbocycles. The molecule has 2 aromatic rings. The largest absolute Gasteiger partial charge is 0.457 e. The first-order chi connectivity index (χ1) is 12.1. The molecule has 5 rings (SSSR count). The minimum absolute atomic E-state index is 0.324. The lowest BCUT2D eigenvalue weighted by atomic mass is 9.74. The topological polar surface area (TPSA) is 87.6 Å². The summed E-state index contributed by atoms with van der Waals surface area (Å²) >= 11 is 0. The summed E-state index contributed by atoms with van der Waals surface area (Å²) in [7, 11) is 0. The van der Waals surface area contributed by atoms with Crippen molar-refractivity contribution >= 4 is 11.7 Å². The van der Waals surface area contributed by atoms with Crippen LogP contribution in [0.5, 0.6) is 5.75 Å². The van der Waals surface area contributed by atoms with Crippen LogP contribution in [0.3, 0.4) is 0 Å². The van der Waals surface area contributed by atoms with Crippen molar-refractivity contribution in [2.24, 2.45) is 5.73 Å². The number of carbonyl (C=O) groups excluding carboxylic acids is 1. The van der Waals surface area contributed by atoms with Crippen LogP contribution in [-0.4, -0.2) is 5.97 Å². The van der Waals surface area contributed by atoms with E-state index < -0.39 is 5.60 Å². The predicted octanol–water partition coefficient (Wildman–Crippen LogP) is 2.97. The number of rotatable bonds is 0. The van der Waals surface area contributed by atoms with Gasteiger partial charge in [-0.25, -0.2) is 4.79 Å². The summed E-state index contributed by atoms with van der Waals surface area (Å²) in [4.78, 5) is 12.6. The van der Waals surface area contributed by atoms with E-state index in [4.69, 9.17) is 20.9 Å². The Morgan fingerprint density at radius 1 is 1.00 bits per heavy atom. The number of hydrogen-bond acceptors (Lipinski definition) is 5. The molecular weight excluding hydrogens is 316 g/mol. The fraction of sp³-hybridized carbons (Fsp3) is 0.150. The summed E-state index contributed by atoms with van der Waals surface area (Å²) in [5.41, 5.74) is 15.5. The zero-order chi connectivity index (χ0) is 17.2. The van der Waals surface area contributed by atoms with Gasteiger partial charge in [0.1, 0.15) is 11.5 Å². The smallest absolute Gasteiger partial charge is 0.340 e. The van der Waals surface area contributed by atoms with E-state index in [-0.39, 0.29) is 5.97 Å². The molecular formula is C20H16N2O3. The Hall–Kier alpha value is -3.21. The van der Waals surface area contributed by atoms with Crippen molar-refractivity contribution in [3.8, 4) is 5.75 Å². The fourth-order valence-electron chi connectivity index (χ4n) is 4.00. The molecule has 2 aromatic carbocycles. The average Bonchev–Trinajstić information content (AvgIpc) is 2.88. The molecule has 0 aromatic heterocycles. The third kappa shape index (κ3) is 1.75. The second-order valence-corrected chi connectivity index (χ2v) is 6.54. The van der Waals surface area contributed by atoms with E-state index in [1.165, 1.54) is 0 Å². The van der Waals surface area contributed by atoms with E-state index in [1.54, 1.807) is 18.2 Å². The number of esters is 1. The van der Waals surface area contributed by atoms with E-state index in [1.807, 2.05) is 30.3 Å². The molecule has 0 amide bonds. The maximum absolute atomic E-state index is 12.6. The SMILES string of the molecule is NC1=CC2=C(CC1)C1(OC(=O)c3ccccc31)c1ccc(N)cc1O2. The third-order valence-electron chi connectivity index (χ3n) is 5.08. The molecule has 1 unspecified atom stereocenters. The zero-order valence-electron chi connectivity index (χ0n) is 13.4. The van der Waals surface area contributed by atoms with Gasteiger partial charge in [-0.3, -0.25) is 0 Å². The van der Waals surface area contributed by atoms with E-state index in [2.05, 4.69) is 0 Å². The molecule has 5 heteroatoms. The maximum atomic E-state index is 12.6. The first kappa shape index (κ1) is 14.2. The molecule has 4 N–H and O–H groups in total. The van der Waals surface area contributed by atoms with Crippen LogP contribution in [-0.2, 0) is 10.3 Å². The molecule has 0 radical (unpaired) electrons. The summed E-state index contributed by atoms with van der Waals surface area (Å²) in [6, 6.07) is 12.9. The number of hydrogen-bond donors (Lipinski definition) is 2. The molecule has 0 bridgehead atoms. The number of allylic oxidation sites excluding steroid dienone is 2. The van der Waals surface area contributed by atoms with Gasteiger partial charge in [0.05, 0.1) is 5.56 Å². The Morgan fingerprint density at radius 3 is 2.72 bits per heavy atom. The molecule has 25 heavy (non-hydrogen) atoms. The van der Waals surface area contributed by atoms with Crippen LogP contribution < -0.4 is 16.2 Å². The van der Waals surface area contributed by atoms with Crippen LogP contribution in [0.2, 0.25) is 0 Å². The Labute approximate surface area is 144 Å². The van der Waals surface area contributed by atoms with Gasteiger partial charge in [-0.15, -0.1) is 0 Å². The van der Waals surface area contributed by atoms with Crippen molar-refractivity contribution < 1.29 is 14.3 Å². The normalized spacial score (nSPS) is 23.4. The molecule has 5 nitrogen and oxygen atoms in total. The number of benzene rings is 2.